The molecule has 1 aliphatic heterocycles. The minimum absolute atomic E-state index is 0.136. The fourth-order valence-corrected chi connectivity index (χ4v) is 1.81. The maximum Gasteiger partial charge on any atom is 0.132 e. The Balaban J connectivity index is 2.44. The van der Waals surface area contributed by atoms with Gasteiger partial charge in [0, 0.05) is 17.7 Å². The second-order valence-electron chi connectivity index (χ2n) is 5.00. The molecule has 0 saturated heterocycles. The van der Waals surface area contributed by atoms with Gasteiger partial charge >= 0.3 is 0 Å². The predicted octanol–water partition coefficient (Wildman–Crippen LogP) is 1.70. The largest absolute Gasteiger partial charge is 0.487 e. The van der Waals surface area contributed by atoms with E-state index in [2.05, 4.69) is 21.1 Å². The van der Waals surface area contributed by atoms with Crippen LogP contribution in [0.4, 0.5) is 5.69 Å². The van der Waals surface area contributed by atoms with E-state index >= 15 is 0 Å². The number of hydrogen-bond acceptors (Lipinski definition) is 2. The molecule has 0 bridgehead atoms. The molecule has 1 aromatic carbocycles. The minimum atomic E-state index is -0.494. The molecular weight excluding hydrogens is 190 g/mol. The lowest BCUT2D eigenvalue weighted by Crippen LogP contribution is -2.34. The Labute approximate surface area is 90.5 Å². The Bertz CT molecular complexity index is 382. The summed E-state index contributed by atoms with van der Waals surface area (Å²) in [5.74, 6) is 0.812. The predicted molar refractivity (Wildman–Crippen MR) is 61.1 cm³/mol. The number of nitrogens with zero attached hydrogens (tertiary/aromatic N) is 1. The minimum Gasteiger partial charge on any atom is -0.487 e. The first-order valence-electron chi connectivity index (χ1n) is 5.20. The van der Waals surface area contributed by atoms with E-state index < -0.39 is 6.10 Å². The van der Waals surface area contributed by atoms with Crippen LogP contribution in [0.5, 0.6) is 5.75 Å². The Morgan fingerprint density at radius 1 is 1.27 bits per heavy atom. The van der Waals surface area contributed by atoms with E-state index in [9.17, 15) is 5.11 Å². The first kappa shape index (κ1) is 10.5. The van der Waals surface area contributed by atoms with Crippen LogP contribution in [0.3, 0.4) is 0 Å². The van der Waals surface area contributed by atoms with Crippen molar-refractivity contribution in [1.29, 1.82) is 0 Å². The molecule has 0 amide bonds. The maximum atomic E-state index is 9.91. The second-order valence-corrected chi connectivity index (χ2v) is 5.00. The molecule has 1 heterocycles. The summed E-state index contributed by atoms with van der Waals surface area (Å²) in [5, 5.41) is 9.91. The summed E-state index contributed by atoms with van der Waals surface area (Å²) >= 11 is 0. The van der Waals surface area contributed by atoms with Crippen molar-refractivity contribution in [2.75, 3.05) is 21.1 Å². The Hall–Kier alpha value is -1.06. The van der Waals surface area contributed by atoms with E-state index in [1.54, 1.807) is 0 Å². The molecule has 0 spiro atoms. The van der Waals surface area contributed by atoms with E-state index in [1.165, 1.54) is 5.69 Å². The number of benzene rings is 1. The molecule has 3 nitrogen and oxygen atoms in total. The van der Waals surface area contributed by atoms with Gasteiger partial charge in [-0.25, -0.2) is 0 Å². The molecule has 82 valence electrons. The molecule has 0 saturated carbocycles. The fraction of sp³-hybridized carbons (Fsp3) is 0.500. The molecule has 0 unspecified atom stereocenters. The third-order valence-electron chi connectivity index (χ3n) is 2.84. The molecule has 0 radical (unpaired) electrons. The van der Waals surface area contributed by atoms with Crippen LogP contribution in [-0.4, -0.2) is 32.4 Å². The van der Waals surface area contributed by atoms with Crippen LogP contribution in [0.15, 0.2) is 18.2 Å². The summed E-state index contributed by atoms with van der Waals surface area (Å²) in [6.45, 7) is 1.89. The first-order valence-corrected chi connectivity index (χ1v) is 5.20. The van der Waals surface area contributed by atoms with Crippen LogP contribution in [0.1, 0.15) is 18.6 Å². The van der Waals surface area contributed by atoms with Gasteiger partial charge < -0.3 is 9.84 Å². The Morgan fingerprint density at radius 3 is 2.53 bits per heavy atom. The molecule has 1 N–H and O–H groups in total. The molecule has 0 aromatic heterocycles. The first-order chi connectivity index (χ1) is 6.89. The van der Waals surface area contributed by atoms with Gasteiger partial charge in [-0.15, -0.1) is 0 Å². The van der Waals surface area contributed by atoms with Crippen molar-refractivity contribution in [3.63, 3.8) is 0 Å². The molecular formula is C12H18NO2+. The molecule has 0 fully saturated rings. The van der Waals surface area contributed by atoms with Crippen molar-refractivity contribution >= 4 is 5.69 Å². The zero-order valence-corrected chi connectivity index (χ0v) is 9.69. The van der Waals surface area contributed by atoms with Crippen LogP contribution < -0.4 is 9.22 Å². The lowest BCUT2D eigenvalue weighted by Gasteiger charge is -2.23. The van der Waals surface area contributed by atoms with Crippen molar-refractivity contribution in [3.05, 3.63) is 23.8 Å². The molecule has 2 atom stereocenters. The SMILES string of the molecule is C[C@H]1Oc2ccc([N+](C)(C)C)cc2[C@H]1O. The van der Waals surface area contributed by atoms with Crippen molar-refractivity contribution in [2.24, 2.45) is 0 Å². The standard InChI is InChI=1S/C12H18NO2/c1-8-12(14)10-7-9(13(2,3)4)5-6-11(10)15-8/h5-8,12,14H,1-4H3/q+1/t8-,12+/m1/s1. The summed E-state index contributed by atoms with van der Waals surface area (Å²) in [6, 6.07) is 6.02. The van der Waals surface area contributed by atoms with Gasteiger partial charge in [0.2, 0.25) is 0 Å². The number of fused-ring (bicyclic) bond motifs is 1. The quantitative estimate of drug-likeness (QED) is 0.712. The van der Waals surface area contributed by atoms with Crippen molar-refractivity contribution < 1.29 is 9.84 Å². The van der Waals surface area contributed by atoms with Crippen molar-refractivity contribution in [3.8, 4) is 5.75 Å². The van der Waals surface area contributed by atoms with Gasteiger partial charge in [0.25, 0.3) is 0 Å². The number of rotatable bonds is 1. The van der Waals surface area contributed by atoms with Gasteiger partial charge in [0.1, 0.15) is 23.6 Å². The third-order valence-corrected chi connectivity index (χ3v) is 2.84. The Kier molecular flexibility index (Phi) is 2.24. The van der Waals surface area contributed by atoms with Crippen LogP contribution in [0.25, 0.3) is 0 Å². The number of aliphatic hydroxyl groups excluding tert-OH is 1. The van der Waals surface area contributed by atoms with Gasteiger partial charge in [0.05, 0.1) is 21.1 Å². The number of hydrogen-bond donors (Lipinski definition) is 1. The zero-order valence-electron chi connectivity index (χ0n) is 9.69. The van der Waals surface area contributed by atoms with Crippen molar-refractivity contribution in [1.82, 2.24) is 4.48 Å². The van der Waals surface area contributed by atoms with E-state index in [1.807, 2.05) is 25.1 Å². The lowest BCUT2D eigenvalue weighted by atomic mass is 10.1. The highest BCUT2D eigenvalue weighted by Gasteiger charge is 2.30. The molecule has 0 aliphatic carbocycles. The summed E-state index contributed by atoms with van der Waals surface area (Å²) in [6.07, 6.45) is -0.630. The van der Waals surface area contributed by atoms with Gasteiger partial charge in [-0.1, -0.05) is 0 Å². The van der Waals surface area contributed by atoms with Crippen LogP contribution in [0, 0.1) is 0 Å². The summed E-state index contributed by atoms with van der Waals surface area (Å²) in [5.41, 5.74) is 2.08. The van der Waals surface area contributed by atoms with Crippen LogP contribution in [0.2, 0.25) is 0 Å². The summed E-state index contributed by atoms with van der Waals surface area (Å²) in [4.78, 5) is 0. The number of ether oxygens (including phenoxy) is 1. The second kappa shape index (κ2) is 3.22. The van der Waals surface area contributed by atoms with E-state index in [0.717, 1.165) is 15.8 Å². The summed E-state index contributed by atoms with van der Waals surface area (Å²) < 4.78 is 6.27. The van der Waals surface area contributed by atoms with Gasteiger partial charge in [-0.2, -0.15) is 0 Å². The van der Waals surface area contributed by atoms with Crippen LogP contribution >= 0.6 is 0 Å². The highest BCUT2D eigenvalue weighted by molar-refractivity contribution is 5.52. The molecule has 3 heteroatoms. The average Bonchev–Trinajstić information content (AvgIpc) is 2.41. The van der Waals surface area contributed by atoms with E-state index in [-0.39, 0.29) is 6.10 Å². The fourth-order valence-electron chi connectivity index (χ4n) is 1.81. The molecule has 2 rings (SSSR count). The van der Waals surface area contributed by atoms with Gasteiger partial charge in [0.15, 0.2) is 0 Å². The smallest absolute Gasteiger partial charge is 0.132 e. The molecule has 1 aromatic rings. The topological polar surface area (TPSA) is 29.5 Å². The van der Waals surface area contributed by atoms with Crippen molar-refractivity contribution in [2.45, 2.75) is 19.1 Å². The lowest BCUT2D eigenvalue weighted by molar-refractivity contribution is 0.0795. The average molecular weight is 208 g/mol. The number of quaternary nitrogens is 1. The maximum absolute atomic E-state index is 9.91. The molecule has 15 heavy (non-hydrogen) atoms. The number of aliphatic hydroxyl groups is 1. The highest BCUT2D eigenvalue weighted by Crippen LogP contribution is 2.39. The van der Waals surface area contributed by atoms with E-state index in [0.29, 0.717) is 0 Å². The zero-order chi connectivity index (χ0) is 11.2. The highest BCUT2D eigenvalue weighted by atomic mass is 16.5. The van der Waals surface area contributed by atoms with Gasteiger partial charge in [-0.05, 0) is 13.0 Å². The van der Waals surface area contributed by atoms with Gasteiger partial charge in [-0.3, -0.25) is 4.48 Å². The molecule has 1 aliphatic rings. The van der Waals surface area contributed by atoms with Crippen LogP contribution in [-0.2, 0) is 0 Å². The Morgan fingerprint density at radius 2 is 1.93 bits per heavy atom. The summed E-state index contributed by atoms with van der Waals surface area (Å²) in [7, 11) is 6.31. The third kappa shape index (κ3) is 1.73. The van der Waals surface area contributed by atoms with E-state index in [4.69, 9.17) is 4.74 Å². The normalized spacial score (nSPS) is 24.9. The monoisotopic (exact) mass is 208 g/mol.